The number of aromatic carboxylic acids is 2. The molecule has 0 amide bonds. The van der Waals surface area contributed by atoms with Gasteiger partial charge in [-0.1, -0.05) is 6.58 Å². The van der Waals surface area contributed by atoms with E-state index in [1.807, 2.05) is 0 Å². The van der Waals surface area contributed by atoms with Crippen molar-refractivity contribution >= 4 is 23.9 Å². The first-order chi connectivity index (χ1) is 10.4. The topological polar surface area (TPSA) is 127 Å². The van der Waals surface area contributed by atoms with Gasteiger partial charge >= 0.3 is 23.9 Å². The molecule has 0 spiro atoms. The summed E-state index contributed by atoms with van der Waals surface area (Å²) in [5, 5.41) is 17.8. The van der Waals surface area contributed by atoms with Gasteiger partial charge in [0.2, 0.25) is 0 Å². The van der Waals surface area contributed by atoms with Crippen LogP contribution < -0.4 is 0 Å². The Balaban J connectivity index is 2.76. The molecule has 8 heteroatoms. The van der Waals surface area contributed by atoms with Crippen molar-refractivity contribution in [1.29, 1.82) is 0 Å². The molecule has 1 aromatic rings. The highest BCUT2D eigenvalue weighted by atomic mass is 16.6. The third-order valence-electron chi connectivity index (χ3n) is 2.44. The summed E-state index contributed by atoms with van der Waals surface area (Å²) in [7, 11) is 0. The van der Waals surface area contributed by atoms with E-state index in [4.69, 9.17) is 14.9 Å². The number of carbonyl (C=O) groups excluding carboxylic acids is 2. The van der Waals surface area contributed by atoms with Gasteiger partial charge in [-0.05, 0) is 18.2 Å². The van der Waals surface area contributed by atoms with Crippen LogP contribution in [0.3, 0.4) is 0 Å². The summed E-state index contributed by atoms with van der Waals surface area (Å²) < 4.78 is 9.35. The Morgan fingerprint density at radius 1 is 1.00 bits per heavy atom. The zero-order valence-electron chi connectivity index (χ0n) is 11.3. The molecule has 0 aliphatic carbocycles. The van der Waals surface area contributed by atoms with Gasteiger partial charge < -0.3 is 19.7 Å². The van der Waals surface area contributed by atoms with Crippen molar-refractivity contribution in [1.82, 2.24) is 0 Å². The van der Waals surface area contributed by atoms with Crippen LogP contribution in [0.2, 0.25) is 0 Å². The second-order valence-corrected chi connectivity index (χ2v) is 3.88. The lowest BCUT2D eigenvalue weighted by Crippen LogP contribution is -2.15. The maximum absolute atomic E-state index is 11.7. The molecule has 0 heterocycles. The number of ether oxygens (including phenoxy) is 2. The molecule has 0 aliphatic heterocycles. The minimum Gasteiger partial charge on any atom is -0.478 e. The molecule has 2 N–H and O–H groups in total. The van der Waals surface area contributed by atoms with E-state index in [0.717, 1.165) is 24.3 Å². The number of hydrogen-bond donors (Lipinski definition) is 2. The number of carboxylic acid groups (broad SMARTS) is 2. The highest BCUT2D eigenvalue weighted by molar-refractivity contribution is 6.03. The molecular formula is C14H12O8. The number of hydrogen-bond acceptors (Lipinski definition) is 6. The smallest absolute Gasteiger partial charge is 0.338 e. The van der Waals surface area contributed by atoms with Gasteiger partial charge in [-0.3, -0.25) is 0 Å². The molecule has 116 valence electrons. The Bertz CT molecular complexity index is 632. The van der Waals surface area contributed by atoms with Crippen LogP contribution >= 0.6 is 0 Å². The van der Waals surface area contributed by atoms with E-state index in [9.17, 15) is 19.2 Å². The third kappa shape index (κ3) is 4.44. The SMILES string of the molecule is C=CC(=O)OCCOC(=O)c1ccc(C(=O)O)c(C(=O)O)c1. The van der Waals surface area contributed by atoms with E-state index >= 15 is 0 Å². The minimum atomic E-state index is -1.48. The molecule has 0 aliphatic rings. The van der Waals surface area contributed by atoms with Gasteiger partial charge in [0.05, 0.1) is 16.7 Å². The molecule has 0 bridgehead atoms. The van der Waals surface area contributed by atoms with Crippen LogP contribution in [-0.4, -0.2) is 47.3 Å². The summed E-state index contributed by atoms with van der Waals surface area (Å²) in [4.78, 5) is 44.3. The van der Waals surface area contributed by atoms with Crippen molar-refractivity contribution in [2.45, 2.75) is 0 Å². The molecule has 0 atom stereocenters. The van der Waals surface area contributed by atoms with E-state index in [0.29, 0.717) is 0 Å². The van der Waals surface area contributed by atoms with Gasteiger partial charge in [0.25, 0.3) is 0 Å². The van der Waals surface area contributed by atoms with E-state index in [2.05, 4.69) is 11.3 Å². The molecule has 8 nitrogen and oxygen atoms in total. The highest BCUT2D eigenvalue weighted by Crippen LogP contribution is 2.13. The highest BCUT2D eigenvalue weighted by Gasteiger charge is 2.19. The molecule has 1 rings (SSSR count). The number of carbonyl (C=O) groups is 4. The normalized spacial score (nSPS) is 9.64. The molecule has 0 saturated carbocycles. The Labute approximate surface area is 124 Å². The number of benzene rings is 1. The van der Waals surface area contributed by atoms with Crippen LogP contribution in [0.5, 0.6) is 0 Å². The second-order valence-electron chi connectivity index (χ2n) is 3.88. The fourth-order valence-electron chi connectivity index (χ4n) is 1.45. The fraction of sp³-hybridized carbons (Fsp3) is 0.143. The van der Waals surface area contributed by atoms with E-state index in [1.54, 1.807) is 0 Å². The Morgan fingerprint density at radius 2 is 1.59 bits per heavy atom. The van der Waals surface area contributed by atoms with Gasteiger partial charge in [0.1, 0.15) is 13.2 Å². The maximum atomic E-state index is 11.7. The van der Waals surface area contributed by atoms with Crippen molar-refractivity contribution in [3.63, 3.8) is 0 Å². The molecule has 0 fully saturated rings. The number of esters is 2. The lowest BCUT2D eigenvalue weighted by Gasteiger charge is -2.07. The van der Waals surface area contributed by atoms with Crippen molar-refractivity contribution in [3.8, 4) is 0 Å². The average Bonchev–Trinajstić information content (AvgIpc) is 2.50. The van der Waals surface area contributed by atoms with Crippen LogP contribution in [0, 0.1) is 0 Å². The predicted octanol–water partition coefficient (Wildman–Crippen LogP) is 0.969. The first kappa shape index (κ1) is 16.9. The van der Waals surface area contributed by atoms with E-state index in [-0.39, 0.29) is 18.8 Å². The monoisotopic (exact) mass is 308 g/mol. The van der Waals surface area contributed by atoms with Crippen molar-refractivity contribution in [2.24, 2.45) is 0 Å². The zero-order chi connectivity index (χ0) is 16.7. The van der Waals surface area contributed by atoms with Crippen molar-refractivity contribution < 1.29 is 38.9 Å². The summed E-state index contributed by atoms with van der Waals surface area (Å²) in [5.41, 5.74) is -1.10. The lowest BCUT2D eigenvalue weighted by molar-refractivity contribution is -0.138. The summed E-state index contributed by atoms with van der Waals surface area (Å²) in [6.45, 7) is 2.77. The molecule has 0 unspecified atom stereocenters. The minimum absolute atomic E-state index is 0.127. The Kier molecular flexibility index (Phi) is 5.82. The maximum Gasteiger partial charge on any atom is 0.338 e. The molecule has 1 aromatic carbocycles. The van der Waals surface area contributed by atoms with Crippen LogP contribution in [0.25, 0.3) is 0 Å². The van der Waals surface area contributed by atoms with Gasteiger partial charge in [0.15, 0.2) is 0 Å². The van der Waals surface area contributed by atoms with Gasteiger partial charge in [-0.2, -0.15) is 0 Å². The van der Waals surface area contributed by atoms with Crippen LogP contribution in [-0.2, 0) is 14.3 Å². The molecule has 0 aromatic heterocycles. The quantitative estimate of drug-likeness (QED) is 0.433. The fourth-order valence-corrected chi connectivity index (χ4v) is 1.45. The largest absolute Gasteiger partial charge is 0.478 e. The lowest BCUT2D eigenvalue weighted by atomic mass is 10.0. The van der Waals surface area contributed by atoms with Crippen LogP contribution in [0.15, 0.2) is 30.9 Å². The number of carboxylic acids is 2. The van der Waals surface area contributed by atoms with E-state index in [1.165, 1.54) is 0 Å². The predicted molar refractivity (Wildman–Crippen MR) is 71.8 cm³/mol. The average molecular weight is 308 g/mol. The molecule has 22 heavy (non-hydrogen) atoms. The second kappa shape index (κ2) is 7.58. The third-order valence-corrected chi connectivity index (χ3v) is 2.44. The summed E-state index contributed by atoms with van der Waals surface area (Å²) in [6.07, 6.45) is 0.950. The summed E-state index contributed by atoms with van der Waals surface area (Å²) in [5.74, 6) is -4.44. The first-order valence-corrected chi connectivity index (χ1v) is 5.93. The summed E-state index contributed by atoms with van der Waals surface area (Å²) >= 11 is 0. The zero-order valence-corrected chi connectivity index (χ0v) is 11.3. The first-order valence-electron chi connectivity index (χ1n) is 5.93. The molecule has 0 radical (unpaired) electrons. The Morgan fingerprint density at radius 3 is 2.14 bits per heavy atom. The van der Waals surface area contributed by atoms with Gasteiger partial charge in [-0.15, -0.1) is 0 Å². The van der Waals surface area contributed by atoms with Crippen LogP contribution in [0.1, 0.15) is 31.1 Å². The number of rotatable bonds is 7. The Hall–Kier alpha value is -3.16. The van der Waals surface area contributed by atoms with Crippen LogP contribution in [0.4, 0.5) is 0 Å². The standard InChI is InChI=1S/C14H12O8/c1-2-11(15)21-5-6-22-14(20)8-3-4-9(12(16)17)10(7-8)13(18)19/h2-4,7H,1,5-6H2,(H,16,17)(H,18,19). The van der Waals surface area contributed by atoms with Gasteiger partial charge in [0, 0.05) is 6.08 Å². The van der Waals surface area contributed by atoms with Crippen molar-refractivity contribution in [3.05, 3.63) is 47.5 Å². The van der Waals surface area contributed by atoms with Crippen molar-refractivity contribution in [2.75, 3.05) is 13.2 Å². The van der Waals surface area contributed by atoms with E-state index < -0.39 is 35.0 Å². The summed E-state index contributed by atoms with van der Waals surface area (Å²) in [6, 6.07) is 3.04. The molecular weight excluding hydrogens is 296 g/mol. The molecule has 0 saturated heterocycles. The van der Waals surface area contributed by atoms with Gasteiger partial charge in [-0.25, -0.2) is 19.2 Å².